The Kier molecular flexibility index (Phi) is 6.00. The van der Waals surface area contributed by atoms with Gasteiger partial charge in [0, 0.05) is 23.9 Å². The van der Waals surface area contributed by atoms with Gasteiger partial charge in [-0.15, -0.1) is 10.2 Å². The van der Waals surface area contributed by atoms with E-state index < -0.39 is 0 Å². The molecule has 2 aromatic carbocycles. The molecular formula is C19H15FN6O2S2. The van der Waals surface area contributed by atoms with Crippen molar-refractivity contribution in [3.8, 4) is 11.4 Å². The number of halogens is 1. The number of nitrogens with one attached hydrogen (secondary N) is 2. The molecule has 4 rings (SSSR count). The van der Waals surface area contributed by atoms with Crippen molar-refractivity contribution in [3.05, 3.63) is 60.2 Å². The SMILES string of the molecule is CC(=O)Nc1cccc(Nc2nnc(SCc3nc(-c4ccc(F)cc4)no3)s2)c1. The fraction of sp³-hybridized carbons (Fsp3) is 0.105. The van der Waals surface area contributed by atoms with Gasteiger partial charge in [-0.2, -0.15) is 4.98 Å². The number of thioether (sulfide) groups is 1. The number of carbonyl (C=O) groups excluding carboxylic acids is 1. The lowest BCUT2D eigenvalue weighted by atomic mass is 10.2. The minimum Gasteiger partial charge on any atom is -0.338 e. The molecule has 0 unspecified atom stereocenters. The van der Waals surface area contributed by atoms with E-state index in [4.69, 9.17) is 4.52 Å². The second-order valence-corrected chi connectivity index (χ2v) is 8.27. The van der Waals surface area contributed by atoms with Gasteiger partial charge < -0.3 is 15.2 Å². The molecule has 11 heteroatoms. The van der Waals surface area contributed by atoms with Gasteiger partial charge in [-0.25, -0.2) is 4.39 Å². The van der Waals surface area contributed by atoms with Crippen LogP contribution in [0.4, 0.5) is 20.9 Å². The average Bonchev–Trinajstić information content (AvgIpc) is 3.36. The number of nitrogens with zero attached hydrogens (tertiary/aromatic N) is 4. The largest absolute Gasteiger partial charge is 0.338 e. The average molecular weight is 443 g/mol. The third-order valence-corrected chi connectivity index (χ3v) is 5.69. The molecule has 0 spiro atoms. The molecule has 0 fully saturated rings. The highest BCUT2D eigenvalue weighted by molar-refractivity contribution is 8.00. The summed E-state index contributed by atoms with van der Waals surface area (Å²) in [6.07, 6.45) is 0. The molecule has 0 saturated heterocycles. The molecule has 0 radical (unpaired) electrons. The van der Waals surface area contributed by atoms with Gasteiger partial charge in [-0.05, 0) is 42.5 Å². The van der Waals surface area contributed by atoms with Gasteiger partial charge in [0.25, 0.3) is 0 Å². The number of hydrogen-bond acceptors (Lipinski definition) is 9. The van der Waals surface area contributed by atoms with E-state index >= 15 is 0 Å². The van der Waals surface area contributed by atoms with E-state index in [2.05, 4.69) is 31.0 Å². The third kappa shape index (κ3) is 5.19. The topological polar surface area (TPSA) is 106 Å². The molecule has 0 aliphatic carbocycles. The molecule has 0 bridgehead atoms. The lowest BCUT2D eigenvalue weighted by Gasteiger charge is -2.05. The van der Waals surface area contributed by atoms with Crippen molar-refractivity contribution in [2.75, 3.05) is 10.6 Å². The summed E-state index contributed by atoms with van der Waals surface area (Å²) in [5.41, 5.74) is 2.16. The second-order valence-electron chi connectivity index (χ2n) is 6.07. The van der Waals surface area contributed by atoms with Crippen LogP contribution in [0.5, 0.6) is 0 Å². The number of amides is 1. The fourth-order valence-corrected chi connectivity index (χ4v) is 4.08. The normalized spacial score (nSPS) is 10.7. The maximum Gasteiger partial charge on any atom is 0.237 e. The summed E-state index contributed by atoms with van der Waals surface area (Å²) in [6, 6.07) is 13.2. The lowest BCUT2D eigenvalue weighted by Crippen LogP contribution is -2.05. The van der Waals surface area contributed by atoms with Crippen molar-refractivity contribution in [1.29, 1.82) is 0 Å². The van der Waals surface area contributed by atoms with Crippen molar-refractivity contribution < 1.29 is 13.7 Å². The minimum atomic E-state index is -0.319. The summed E-state index contributed by atoms with van der Waals surface area (Å²) in [5, 5.41) is 18.7. The number of benzene rings is 2. The predicted molar refractivity (Wildman–Crippen MR) is 113 cm³/mol. The van der Waals surface area contributed by atoms with Crippen molar-refractivity contribution in [2.24, 2.45) is 0 Å². The standard InChI is InChI=1S/C19H15FN6O2S2/c1-11(27)21-14-3-2-4-15(9-14)22-18-24-25-19(30-18)29-10-16-23-17(26-28-16)12-5-7-13(20)8-6-12/h2-9H,10H2,1H3,(H,21,27)(H,22,24). The van der Waals surface area contributed by atoms with Gasteiger partial charge in [0.1, 0.15) is 5.82 Å². The highest BCUT2D eigenvalue weighted by Crippen LogP contribution is 2.30. The minimum absolute atomic E-state index is 0.134. The molecule has 152 valence electrons. The maximum atomic E-state index is 13.0. The number of carbonyl (C=O) groups is 1. The van der Waals surface area contributed by atoms with Gasteiger partial charge in [0.15, 0.2) is 4.34 Å². The third-order valence-electron chi connectivity index (χ3n) is 3.73. The zero-order valence-corrected chi connectivity index (χ0v) is 17.3. The fourth-order valence-electron chi connectivity index (χ4n) is 2.47. The Morgan fingerprint density at radius 1 is 1.17 bits per heavy atom. The molecule has 0 aliphatic heterocycles. The van der Waals surface area contributed by atoms with Crippen LogP contribution >= 0.6 is 23.1 Å². The lowest BCUT2D eigenvalue weighted by molar-refractivity contribution is -0.114. The molecule has 1 amide bonds. The number of aromatic nitrogens is 4. The van der Waals surface area contributed by atoms with Gasteiger partial charge >= 0.3 is 0 Å². The van der Waals surface area contributed by atoms with Crippen LogP contribution in [-0.2, 0) is 10.5 Å². The van der Waals surface area contributed by atoms with Crippen LogP contribution in [0.2, 0.25) is 0 Å². The monoisotopic (exact) mass is 442 g/mol. The summed E-state index contributed by atoms with van der Waals surface area (Å²) in [4.78, 5) is 15.5. The van der Waals surface area contributed by atoms with Crippen molar-refractivity contribution in [2.45, 2.75) is 17.0 Å². The van der Waals surface area contributed by atoms with Gasteiger partial charge in [0.05, 0.1) is 5.75 Å². The summed E-state index contributed by atoms with van der Waals surface area (Å²) >= 11 is 2.80. The van der Waals surface area contributed by atoms with E-state index in [1.165, 1.54) is 42.2 Å². The summed E-state index contributed by atoms with van der Waals surface area (Å²) < 4.78 is 19.0. The quantitative estimate of drug-likeness (QED) is 0.396. The Balaban J connectivity index is 1.35. The Hall–Kier alpha value is -3.31. The molecular weight excluding hydrogens is 427 g/mol. The van der Waals surface area contributed by atoms with Crippen LogP contribution < -0.4 is 10.6 Å². The number of anilines is 3. The predicted octanol–water partition coefficient (Wildman–Crippen LogP) is 4.72. The summed E-state index contributed by atoms with van der Waals surface area (Å²) in [7, 11) is 0. The van der Waals surface area contributed by atoms with Crippen LogP contribution in [-0.4, -0.2) is 26.2 Å². The first-order valence-electron chi connectivity index (χ1n) is 8.75. The zero-order valence-electron chi connectivity index (χ0n) is 15.6. The van der Waals surface area contributed by atoms with E-state index in [1.54, 1.807) is 18.2 Å². The van der Waals surface area contributed by atoms with Crippen molar-refractivity contribution in [3.63, 3.8) is 0 Å². The van der Waals surface area contributed by atoms with Crippen LogP contribution in [0.3, 0.4) is 0 Å². The highest BCUT2D eigenvalue weighted by atomic mass is 32.2. The summed E-state index contributed by atoms with van der Waals surface area (Å²) in [6.45, 7) is 1.46. The molecule has 0 atom stereocenters. The Morgan fingerprint density at radius 2 is 1.97 bits per heavy atom. The van der Waals surface area contributed by atoms with Crippen LogP contribution in [0, 0.1) is 5.82 Å². The van der Waals surface area contributed by atoms with Gasteiger partial charge in [-0.3, -0.25) is 4.79 Å². The first-order valence-corrected chi connectivity index (χ1v) is 10.5. The maximum absolute atomic E-state index is 13.0. The van der Waals surface area contributed by atoms with Crippen molar-refractivity contribution >= 4 is 45.5 Å². The van der Waals surface area contributed by atoms with Gasteiger partial charge in [0.2, 0.25) is 22.8 Å². The highest BCUT2D eigenvalue weighted by Gasteiger charge is 2.12. The first-order chi connectivity index (χ1) is 14.5. The number of rotatable bonds is 7. The van der Waals surface area contributed by atoms with E-state index in [9.17, 15) is 9.18 Å². The van der Waals surface area contributed by atoms with Crippen molar-refractivity contribution in [1.82, 2.24) is 20.3 Å². The summed E-state index contributed by atoms with van der Waals surface area (Å²) in [5.74, 6) is 0.822. The molecule has 2 aromatic heterocycles. The van der Waals surface area contributed by atoms with E-state index in [0.717, 1.165) is 10.0 Å². The Bertz CT molecular complexity index is 1160. The van der Waals surface area contributed by atoms with E-state index in [1.807, 2.05) is 18.2 Å². The zero-order chi connectivity index (χ0) is 20.9. The van der Waals surface area contributed by atoms with Gasteiger partial charge in [-0.1, -0.05) is 34.3 Å². The molecule has 30 heavy (non-hydrogen) atoms. The number of hydrogen-bond donors (Lipinski definition) is 2. The molecule has 2 N–H and O–H groups in total. The van der Waals surface area contributed by atoms with Crippen LogP contribution in [0.25, 0.3) is 11.4 Å². The molecule has 2 heterocycles. The van der Waals surface area contributed by atoms with E-state index in [-0.39, 0.29) is 11.7 Å². The van der Waals surface area contributed by atoms with Crippen LogP contribution in [0.1, 0.15) is 12.8 Å². The van der Waals surface area contributed by atoms with E-state index in [0.29, 0.717) is 33.9 Å². The first kappa shape index (κ1) is 20.0. The molecule has 0 aliphatic rings. The molecule has 4 aromatic rings. The second kappa shape index (κ2) is 9.01. The Labute approximate surface area is 178 Å². The Morgan fingerprint density at radius 3 is 2.77 bits per heavy atom. The smallest absolute Gasteiger partial charge is 0.237 e. The molecule has 8 nitrogen and oxygen atoms in total. The van der Waals surface area contributed by atoms with Crippen LogP contribution in [0.15, 0.2) is 57.4 Å². The molecule has 0 saturated carbocycles.